The SMILES string of the molecule is CCCCCCCCCC(CCCCCCCCOC#N)C(CCCCCCCCC)CCCCCCCCOC#N. The van der Waals surface area contributed by atoms with Crippen LogP contribution in [-0.4, -0.2) is 13.2 Å². The molecule has 42 heavy (non-hydrogen) atoms. The Kier molecular flexibility index (Phi) is 34.6. The molecule has 246 valence electrons. The minimum Gasteiger partial charge on any atom is -0.428 e. The molecule has 0 spiro atoms. The minimum absolute atomic E-state index is 0.590. The predicted molar refractivity (Wildman–Crippen MR) is 180 cm³/mol. The van der Waals surface area contributed by atoms with Crippen molar-refractivity contribution in [3.8, 4) is 12.5 Å². The molecule has 0 aromatic rings. The predicted octanol–water partition coefficient (Wildman–Crippen LogP) is 13.0. The lowest BCUT2D eigenvalue weighted by Crippen LogP contribution is -2.16. The van der Waals surface area contributed by atoms with Crippen molar-refractivity contribution in [1.29, 1.82) is 10.5 Å². The van der Waals surface area contributed by atoms with Crippen LogP contribution in [-0.2, 0) is 9.47 Å². The number of unbranched alkanes of at least 4 members (excludes halogenated alkanes) is 22. The molecule has 0 amide bonds. The standard InChI is InChI=1S/C38H72N2O2/c1-3-5-7-9-11-17-23-29-37(31-25-19-13-15-21-27-33-41-35-39)38(30-24-18-12-10-8-6-4-2)32-26-20-14-16-22-28-34-42-36-40/h37-38H,3-34H2,1-2H3. The van der Waals surface area contributed by atoms with Gasteiger partial charge in [-0.1, -0.05) is 194 Å². The van der Waals surface area contributed by atoms with Gasteiger partial charge in [-0.15, -0.1) is 0 Å². The van der Waals surface area contributed by atoms with E-state index in [1.807, 2.05) is 0 Å². The highest BCUT2D eigenvalue weighted by Gasteiger charge is 2.20. The molecule has 0 bridgehead atoms. The molecule has 4 heteroatoms. The van der Waals surface area contributed by atoms with E-state index in [1.54, 1.807) is 12.5 Å². The average Bonchev–Trinajstić information content (AvgIpc) is 3.00. The smallest absolute Gasteiger partial charge is 0.286 e. The Morgan fingerprint density at radius 3 is 0.857 bits per heavy atom. The highest BCUT2D eigenvalue weighted by atomic mass is 16.5. The van der Waals surface area contributed by atoms with Gasteiger partial charge in [0.2, 0.25) is 0 Å². The number of ether oxygens (including phenoxy) is 2. The summed E-state index contributed by atoms with van der Waals surface area (Å²) in [4.78, 5) is 0. The normalized spacial score (nSPS) is 12.5. The molecule has 2 unspecified atom stereocenters. The van der Waals surface area contributed by atoms with Gasteiger partial charge in [0.25, 0.3) is 12.5 Å². The van der Waals surface area contributed by atoms with Gasteiger partial charge in [-0.25, -0.2) is 0 Å². The summed E-state index contributed by atoms with van der Waals surface area (Å²) in [6.45, 7) is 5.80. The van der Waals surface area contributed by atoms with Crippen LogP contribution < -0.4 is 0 Å². The first kappa shape index (κ1) is 40.6. The van der Waals surface area contributed by atoms with Crippen molar-refractivity contribution in [3.05, 3.63) is 0 Å². The molecule has 2 atom stereocenters. The van der Waals surface area contributed by atoms with Gasteiger partial charge < -0.3 is 9.47 Å². The van der Waals surface area contributed by atoms with Crippen LogP contribution in [0.1, 0.15) is 206 Å². The fourth-order valence-electron chi connectivity index (χ4n) is 6.63. The summed E-state index contributed by atoms with van der Waals surface area (Å²) in [5.41, 5.74) is 0. The van der Waals surface area contributed by atoms with E-state index in [4.69, 9.17) is 20.0 Å². The Labute approximate surface area is 263 Å². The minimum atomic E-state index is 0.590. The number of rotatable bonds is 35. The molecule has 0 heterocycles. The first-order chi connectivity index (χ1) is 20.8. The molecule has 0 aromatic carbocycles. The molecule has 0 radical (unpaired) electrons. The fourth-order valence-corrected chi connectivity index (χ4v) is 6.63. The molecule has 0 aromatic heterocycles. The quantitative estimate of drug-likeness (QED) is 0.0545. The third-order valence-electron chi connectivity index (χ3n) is 9.30. The third-order valence-corrected chi connectivity index (χ3v) is 9.30. The summed E-state index contributed by atoms with van der Waals surface area (Å²) in [6.07, 6.45) is 44.3. The highest BCUT2D eigenvalue weighted by Crippen LogP contribution is 2.33. The molecular weight excluding hydrogens is 516 g/mol. The van der Waals surface area contributed by atoms with E-state index in [9.17, 15) is 0 Å². The topological polar surface area (TPSA) is 66.0 Å². The zero-order chi connectivity index (χ0) is 30.6. The number of nitrogens with zero attached hydrogens (tertiary/aromatic N) is 2. The molecule has 0 N–H and O–H groups in total. The van der Waals surface area contributed by atoms with Gasteiger partial charge in [-0.05, 0) is 24.7 Å². The second-order valence-electron chi connectivity index (χ2n) is 13.0. The van der Waals surface area contributed by atoms with Crippen LogP contribution in [0.2, 0.25) is 0 Å². The van der Waals surface area contributed by atoms with Crippen molar-refractivity contribution in [3.63, 3.8) is 0 Å². The van der Waals surface area contributed by atoms with Crippen LogP contribution >= 0.6 is 0 Å². The second-order valence-corrected chi connectivity index (χ2v) is 13.0. The Bertz CT molecular complexity index is 545. The van der Waals surface area contributed by atoms with Crippen molar-refractivity contribution in [2.24, 2.45) is 11.8 Å². The van der Waals surface area contributed by atoms with E-state index < -0.39 is 0 Å². The van der Waals surface area contributed by atoms with E-state index in [0.29, 0.717) is 13.2 Å². The van der Waals surface area contributed by atoms with Gasteiger partial charge in [0.05, 0.1) is 0 Å². The highest BCUT2D eigenvalue weighted by molar-refractivity contribution is 4.72. The summed E-state index contributed by atoms with van der Waals surface area (Å²) in [5.74, 6) is 1.85. The molecule has 0 aliphatic rings. The van der Waals surface area contributed by atoms with E-state index in [1.165, 1.54) is 180 Å². The number of nitriles is 2. The first-order valence-electron chi connectivity index (χ1n) is 18.8. The Hall–Kier alpha value is -1.42. The van der Waals surface area contributed by atoms with Crippen LogP contribution in [0.3, 0.4) is 0 Å². The van der Waals surface area contributed by atoms with Crippen molar-refractivity contribution in [2.75, 3.05) is 13.2 Å². The molecule has 0 aliphatic carbocycles. The summed E-state index contributed by atoms with van der Waals surface area (Å²) in [7, 11) is 0. The first-order valence-corrected chi connectivity index (χ1v) is 18.8. The maximum absolute atomic E-state index is 8.52. The summed E-state index contributed by atoms with van der Waals surface area (Å²) in [5, 5.41) is 17.0. The molecule has 0 fully saturated rings. The van der Waals surface area contributed by atoms with Crippen LogP contribution in [0.5, 0.6) is 0 Å². The molecule has 0 saturated heterocycles. The lowest BCUT2D eigenvalue weighted by Gasteiger charge is -2.28. The van der Waals surface area contributed by atoms with E-state index >= 15 is 0 Å². The van der Waals surface area contributed by atoms with Crippen LogP contribution in [0.4, 0.5) is 0 Å². The van der Waals surface area contributed by atoms with E-state index in [-0.39, 0.29) is 0 Å². The lowest BCUT2D eigenvalue weighted by molar-refractivity contribution is 0.235. The molecule has 0 saturated carbocycles. The zero-order valence-corrected chi connectivity index (χ0v) is 28.5. The van der Waals surface area contributed by atoms with E-state index in [2.05, 4.69) is 13.8 Å². The Morgan fingerprint density at radius 1 is 0.357 bits per heavy atom. The summed E-state index contributed by atoms with van der Waals surface area (Å²) < 4.78 is 9.64. The van der Waals surface area contributed by atoms with Crippen molar-refractivity contribution in [2.45, 2.75) is 206 Å². The summed E-state index contributed by atoms with van der Waals surface area (Å²) >= 11 is 0. The van der Waals surface area contributed by atoms with Gasteiger partial charge in [-0.2, -0.15) is 10.5 Å². The molecule has 0 aliphatic heterocycles. The van der Waals surface area contributed by atoms with Gasteiger partial charge in [0.15, 0.2) is 0 Å². The third kappa shape index (κ3) is 30.1. The monoisotopic (exact) mass is 589 g/mol. The Balaban J connectivity index is 4.74. The summed E-state index contributed by atoms with van der Waals surface area (Å²) in [6, 6.07) is 0. The maximum Gasteiger partial charge on any atom is 0.286 e. The second kappa shape index (κ2) is 35.8. The van der Waals surface area contributed by atoms with Crippen LogP contribution in [0, 0.1) is 34.9 Å². The van der Waals surface area contributed by atoms with Crippen molar-refractivity contribution >= 4 is 0 Å². The fraction of sp³-hybridized carbons (Fsp3) is 0.947. The average molecular weight is 589 g/mol. The van der Waals surface area contributed by atoms with E-state index in [0.717, 1.165) is 24.7 Å². The maximum atomic E-state index is 8.52. The number of hydrogen-bond donors (Lipinski definition) is 0. The van der Waals surface area contributed by atoms with Crippen LogP contribution in [0.25, 0.3) is 0 Å². The van der Waals surface area contributed by atoms with Gasteiger partial charge >= 0.3 is 0 Å². The Morgan fingerprint density at radius 2 is 0.595 bits per heavy atom. The van der Waals surface area contributed by atoms with Crippen molar-refractivity contribution < 1.29 is 9.47 Å². The molecular formula is C38H72N2O2. The molecule has 4 nitrogen and oxygen atoms in total. The largest absolute Gasteiger partial charge is 0.428 e. The van der Waals surface area contributed by atoms with Gasteiger partial charge in [0, 0.05) is 0 Å². The zero-order valence-electron chi connectivity index (χ0n) is 28.5. The van der Waals surface area contributed by atoms with Crippen LogP contribution in [0.15, 0.2) is 0 Å². The van der Waals surface area contributed by atoms with Crippen molar-refractivity contribution in [1.82, 2.24) is 0 Å². The van der Waals surface area contributed by atoms with Gasteiger partial charge in [-0.3, -0.25) is 0 Å². The number of hydrogen-bond acceptors (Lipinski definition) is 4. The van der Waals surface area contributed by atoms with Gasteiger partial charge in [0.1, 0.15) is 13.2 Å². The lowest BCUT2D eigenvalue weighted by atomic mass is 9.78. The molecule has 0 rings (SSSR count).